The number of urea groups is 1. The summed E-state index contributed by atoms with van der Waals surface area (Å²) in [6, 6.07) is 11.6. The number of para-hydroxylation sites is 2. The van der Waals surface area contributed by atoms with Crippen LogP contribution in [0.2, 0.25) is 0 Å². The summed E-state index contributed by atoms with van der Waals surface area (Å²) >= 11 is 0. The number of nitrogens with zero attached hydrogens (tertiary/aromatic N) is 1. The normalized spacial score (nSPS) is 13.8. The summed E-state index contributed by atoms with van der Waals surface area (Å²) in [6.07, 6.45) is 1.35. The van der Waals surface area contributed by atoms with Crippen LogP contribution in [0.1, 0.15) is 24.0 Å². The molecule has 0 radical (unpaired) electrons. The lowest BCUT2D eigenvalue weighted by Gasteiger charge is -2.20. The molecule has 2 aromatic carbocycles. The molecule has 130 valence electrons. The lowest BCUT2D eigenvalue weighted by Crippen LogP contribution is -2.30. The fourth-order valence-corrected chi connectivity index (χ4v) is 2.88. The third-order valence-corrected chi connectivity index (χ3v) is 4.19. The third-order valence-electron chi connectivity index (χ3n) is 4.19. The first kappa shape index (κ1) is 17.0. The zero-order valence-electron chi connectivity index (χ0n) is 14.0. The molecular formula is C19H20FN3O2. The van der Waals surface area contributed by atoms with Crippen molar-refractivity contribution in [2.45, 2.75) is 26.3 Å². The highest BCUT2D eigenvalue weighted by molar-refractivity contribution is 6.01. The van der Waals surface area contributed by atoms with E-state index in [2.05, 4.69) is 10.6 Å². The van der Waals surface area contributed by atoms with Gasteiger partial charge in [-0.25, -0.2) is 9.18 Å². The second kappa shape index (κ2) is 7.34. The van der Waals surface area contributed by atoms with Crippen LogP contribution in [0, 0.1) is 12.7 Å². The van der Waals surface area contributed by atoms with E-state index in [0.717, 1.165) is 12.0 Å². The maximum Gasteiger partial charge on any atom is 0.319 e. The second-order valence-corrected chi connectivity index (χ2v) is 6.06. The number of hydrogen-bond donors (Lipinski definition) is 2. The third kappa shape index (κ3) is 3.96. The van der Waals surface area contributed by atoms with Crippen LogP contribution in [0.25, 0.3) is 0 Å². The van der Waals surface area contributed by atoms with Gasteiger partial charge in [0.05, 0.1) is 11.4 Å². The largest absolute Gasteiger partial charge is 0.334 e. The van der Waals surface area contributed by atoms with Gasteiger partial charge in [-0.15, -0.1) is 0 Å². The summed E-state index contributed by atoms with van der Waals surface area (Å²) in [6.45, 7) is 2.63. The smallest absolute Gasteiger partial charge is 0.319 e. The Balaban J connectivity index is 1.65. The van der Waals surface area contributed by atoms with Gasteiger partial charge in [-0.2, -0.15) is 0 Å². The highest BCUT2D eigenvalue weighted by Crippen LogP contribution is 2.29. The molecule has 0 aliphatic carbocycles. The molecule has 5 nitrogen and oxygen atoms in total. The standard InChI is InChI=1S/C19H20FN3O2/c1-13-11-14(8-9-15(13)20)12-21-19(25)22-16-5-2-3-6-17(16)23-10-4-7-18(23)24/h2-3,5-6,8-9,11H,4,7,10,12H2,1H3,(H2,21,22,25). The Labute approximate surface area is 145 Å². The first-order chi connectivity index (χ1) is 12.0. The Hall–Kier alpha value is -2.89. The Morgan fingerprint density at radius 3 is 2.76 bits per heavy atom. The van der Waals surface area contributed by atoms with E-state index in [1.165, 1.54) is 6.07 Å². The van der Waals surface area contributed by atoms with Crippen LogP contribution in [0.4, 0.5) is 20.6 Å². The second-order valence-electron chi connectivity index (χ2n) is 6.06. The molecule has 25 heavy (non-hydrogen) atoms. The average molecular weight is 341 g/mol. The lowest BCUT2D eigenvalue weighted by molar-refractivity contribution is -0.117. The van der Waals surface area contributed by atoms with Gasteiger partial charge in [0.15, 0.2) is 0 Å². The van der Waals surface area contributed by atoms with Crippen LogP contribution in [-0.4, -0.2) is 18.5 Å². The Morgan fingerprint density at radius 1 is 1.24 bits per heavy atom. The van der Waals surface area contributed by atoms with Crippen LogP contribution < -0.4 is 15.5 Å². The minimum absolute atomic E-state index is 0.0662. The van der Waals surface area contributed by atoms with Gasteiger partial charge in [-0.1, -0.05) is 24.3 Å². The number of benzene rings is 2. The van der Waals surface area contributed by atoms with Gasteiger partial charge in [-0.05, 0) is 42.7 Å². The number of halogens is 1. The number of carbonyl (C=O) groups excluding carboxylic acids is 2. The van der Waals surface area contributed by atoms with Crippen LogP contribution in [0.5, 0.6) is 0 Å². The van der Waals surface area contributed by atoms with Crippen molar-refractivity contribution in [1.29, 1.82) is 0 Å². The number of rotatable bonds is 4. The summed E-state index contributed by atoms with van der Waals surface area (Å²) in [5.74, 6) is -0.200. The van der Waals surface area contributed by atoms with E-state index in [0.29, 0.717) is 29.9 Å². The zero-order chi connectivity index (χ0) is 17.8. The van der Waals surface area contributed by atoms with E-state index in [1.54, 1.807) is 30.0 Å². The fourth-order valence-electron chi connectivity index (χ4n) is 2.88. The Kier molecular flexibility index (Phi) is 4.97. The van der Waals surface area contributed by atoms with Crippen molar-refractivity contribution in [3.8, 4) is 0 Å². The van der Waals surface area contributed by atoms with Crippen molar-refractivity contribution in [3.05, 3.63) is 59.4 Å². The van der Waals surface area contributed by atoms with Crippen LogP contribution in [-0.2, 0) is 11.3 Å². The molecule has 0 aromatic heterocycles. The van der Waals surface area contributed by atoms with Crippen molar-refractivity contribution < 1.29 is 14.0 Å². The van der Waals surface area contributed by atoms with Crippen molar-refractivity contribution in [3.63, 3.8) is 0 Å². The van der Waals surface area contributed by atoms with Crippen LogP contribution in [0.3, 0.4) is 0 Å². The highest BCUT2D eigenvalue weighted by atomic mass is 19.1. The molecule has 0 bridgehead atoms. The summed E-state index contributed by atoms with van der Waals surface area (Å²) < 4.78 is 13.3. The lowest BCUT2D eigenvalue weighted by atomic mass is 10.1. The molecule has 3 rings (SSSR count). The van der Waals surface area contributed by atoms with E-state index in [9.17, 15) is 14.0 Å². The van der Waals surface area contributed by atoms with E-state index >= 15 is 0 Å². The maximum absolute atomic E-state index is 13.3. The number of carbonyl (C=O) groups is 2. The SMILES string of the molecule is Cc1cc(CNC(=O)Nc2ccccc2N2CCCC2=O)ccc1F. The van der Waals surface area contributed by atoms with Gasteiger partial charge in [0.2, 0.25) is 5.91 Å². The van der Waals surface area contributed by atoms with E-state index in [4.69, 9.17) is 0 Å². The quantitative estimate of drug-likeness (QED) is 0.893. The predicted octanol–water partition coefficient (Wildman–Crippen LogP) is 3.58. The Morgan fingerprint density at radius 2 is 2.04 bits per heavy atom. The molecule has 0 unspecified atom stereocenters. The van der Waals surface area contributed by atoms with Crippen LogP contribution >= 0.6 is 0 Å². The van der Waals surface area contributed by atoms with Crippen LogP contribution in [0.15, 0.2) is 42.5 Å². The monoisotopic (exact) mass is 341 g/mol. The number of hydrogen-bond acceptors (Lipinski definition) is 2. The number of amides is 3. The molecule has 6 heteroatoms. The molecule has 2 N–H and O–H groups in total. The highest BCUT2D eigenvalue weighted by Gasteiger charge is 2.24. The van der Waals surface area contributed by atoms with Crippen molar-refractivity contribution in [2.24, 2.45) is 0 Å². The number of anilines is 2. The first-order valence-electron chi connectivity index (χ1n) is 8.24. The fraction of sp³-hybridized carbons (Fsp3) is 0.263. The molecule has 1 heterocycles. The molecule has 0 spiro atoms. The summed E-state index contributed by atoms with van der Waals surface area (Å²) in [4.78, 5) is 25.8. The Bertz CT molecular complexity index is 807. The van der Waals surface area contributed by atoms with Gasteiger partial charge < -0.3 is 15.5 Å². The summed E-state index contributed by atoms with van der Waals surface area (Å²) in [5.41, 5.74) is 2.65. The summed E-state index contributed by atoms with van der Waals surface area (Å²) in [7, 11) is 0. The first-order valence-corrected chi connectivity index (χ1v) is 8.24. The average Bonchev–Trinajstić information content (AvgIpc) is 3.02. The summed E-state index contributed by atoms with van der Waals surface area (Å²) in [5, 5.41) is 5.53. The predicted molar refractivity (Wildman–Crippen MR) is 95.0 cm³/mol. The van der Waals surface area contributed by atoms with Gasteiger partial charge in [0, 0.05) is 19.5 Å². The number of aryl methyl sites for hydroxylation is 1. The van der Waals surface area contributed by atoms with Crippen molar-refractivity contribution in [2.75, 3.05) is 16.8 Å². The minimum atomic E-state index is -0.374. The molecule has 1 aliphatic rings. The molecule has 2 aromatic rings. The molecule has 1 fully saturated rings. The molecule has 1 saturated heterocycles. The molecule has 3 amide bonds. The van der Waals surface area contributed by atoms with Gasteiger partial charge in [-0.3, -0.25) is 4.79 Å². The maximum atomic E-state index is 13.3. The van der Waals surface area contributed by atoms with Crippen molar-refractivity contribution >= 4 is 23.3 Å². The molecule has 0 saturated carbocycles. The van der Waals surface area contributed by atoms with E-state index in [1.807, 2.05) is 18.2 Å². The molecule has 0 atom stereocenters. The van der Waals surface area contributed by atoms with Gasteiger partial charge >= 0.3 is 6.03 Å². The molecular weight excluding hydrogens is 321 g/mol. The number of nitrogens with one attached hydrogen (secondary N) is 2. The minimum Gasteiger partial charge on any atom is -0.334 e. The van der Waals surface area contributed by atoms with E-state index in [-0.39, 0.29) is 24.3 Å². The van der Waals surface area contributed by atoms with Gasteiger partial charge in [0.1, 0.15) is 5.82 Å². The zero-order valence-corrected chi connectivity index (χ0v) is 14.0. The van der Waals surface area contributed by atoms with Gasteiger partial charge in [0.25, 0.3) is 0 Å². The van der Waals surface area contributed by atoms with E-state index < -0.39 is 0 Å². The molecule has 1 aliphatic heterocycles. The topological polar surface area (TPSA) is 61.4 Å². The van der Waals surface area contributed by atoms with Crippen molar-refractivity contribution in [1.82, 2.24) is 5.32 Å².